The second-order valence-electron chi connectivity index (χ2n) is 3.07. The van der Waals surface area contributed by atoms with Gasteiger partial charge in [-0.25, -0.2) is 0 Å². The van der Waals surface area contributed by atoms with Crippen molar-refractivity contribution in [2.45, 2.75) is 6.92 Å². The van der Waals surface area contributed by atoms with Gasteiger partial charge in [-0.2, -0.15) is 8.42 Å². The SMILES string of the molecule is Cc1ccc2nnn(S(=O)(=O)N=[N+]=[N-])c2c1. The van der Waals surface area contributed by atoms with Crippen molar-refractivity contribution < 1.29 is 8.42 Å². The van der Waals surface area contributed by atoms with Crippen molar-refractivity contribution in [3.8, 4) is 0 Å². The van der Waals surface area contributed by atoms with Crippen molar-refractivity contribution in [3.05, 3.63) is 34.2 Å². The Kier molecular flexibility index (Phi) is 2.26. The van der Waals surface area contributed by atoms with E-state index >= 15 is 0 Å². The first-order chi connectivity index (χ1) is 7.54. The number of fused-ring (bicyclic) bond motifs is 1. The van der Waals surface area contributed by atoms with Crippen LogP contribution in [0.25, 0.3) is 21.5 Å². The van der Waals surface area contributed by atoms with Gasteiger partial charge in [-0.15, -0.1) is 9.19 Å². The maximum atomic E-state index is 11.5. The van der Waals surface area contributed by atoms with Crippen LogP contribution in [0.1, 0.15) is 5.56 Å². The van der Waals surface area contributed by atoms with Crippen molar-refractivity contribution in [2.24, 2.45) is 4.52 Å². The first kappa shape index (κ1) is 10.4. The molecule has 0 fully saturated rings. The largest absolute Gasteiger partial charge is 0.345 e. The van der Waals surface area contributed by atoms with Crippen molar-refractivity contribution >= 4 is 21.2 Å². The van der Waals surface area contributed by atoms with Crippen LogP contribution in [0.3, 0.4) is 0 Å². The molecule has 82 valence electrons. The molecular formula is C7H6N6O2S. The lowest BCUT2D eigenvalue weighted by Gasteiger charge is -1.97. The lowest BCUT2D eigenvalue weighted by atomic mass is 10.2. The molecule has 0 amide bonds. The minimum Gasteiger partial charge on any atom is -0.196 e. The summed E-state index contributed by atoms with van der Waals surface area (Å²) in [7, 11) is -4.16. The summed E-state index contributed by atoms with van der Waals surface area (Å²) in [5.41, 5.74) is 9.70. The summed E-state index contributed by atoms with van der Waals surface area (Å²) in [5.74, 6) is 0. The first-order valence-corrected chi connectivity index (χ1v) is 5.58. The van der Waals surface area contributed by atoms with Gasteiger partial charge in [0.25, 0.3) is 0 Å². The Balaban J connectivity index is 2.80. The van der Waals surface area contributed by atoms with Crippen LogP contribution in [0.2, 0.25) is 0 Å². The maximum Gasteiger partial charge on any atom is 0.345 e. The number of nitrogens with zero attached hydrogens (tertiary/aromatic N) is 6. The van der Waals surface area contributed by atoms with Crippen LogP contribution in [0.4, 0.5) is 0 Å². The molecule has 0 aliphatic rings. The highest BCUT2D eigenvalue weighted by atomic mass is 32.2. The average molecular weight is 238 g/mol. The van der Waals surface area contributed by atoms with Crippen molar-refractivity contribution in [3.63, 3.8) is 0 Å². The monoisotopic (exact) mass is 238 g/mol. The summed E-state index contributed by atoms with van der Waals surface area (Å²) >= 11 is 0. The van der Waals surface area contributed by atoms with Gasteiger partial charge in [0, 0.05) is 4.91 Å². The fourth-order valence-corrected chi connectivity index (χ4v) is 1.94. The molecule has 1 aromatic heterocycles. The van der Waals surface area contributed by atoms with Crippen LogP contribution in [0, 0.1) is 6.92 Å². The van der Waals surface area contributed by atoms with Gasteiger partial charge >= 0.3 is 10.2 Å². The van der Waals surface area contributed by atoms with Crippen LogP contribution >= 0.6 is 0 Å². The average Bonchev–Trinajstić information content (AvgIpc) is 2.60. The van der Waals surface area contributed by atoms with Crippen LogP contribution in [0.5, 0.6) is 0 Å². The molecule has 2 aromatic rings. The zero-order chi connectivity index (χ0) is 11.8. The van der Waals surface area contributed by atoms with E-state index in [1.165, 1.54) is 0 Å². The summed E-state index contributed by atoms with van der Waals surface area (Å²) in [6.07, 6.45) is 0. The molecular weight excluding hydrogens is 232 g/mol. The van der Waals surface area contributed by atoms with Crippen molar-refractivity contribution in [1.82, 2.24) is 14.4 Å². The molecule has 9 heteroatoms. The van der Waals surface area contributed by atoms with Crippen molar-refractivity contribution in [2.75, 3.05) is 0 Å². The summed E-state index contributed by atoms with van der Waals surface area (Å²) in [5, 5.41) is 7.10. The van der Waals surface area contributed by atoms with Gasteiger partial charge in [-0.3, -0.25) is 0 Å². The normalized spacial score (nSPS) is 11.3. The Morgan fingerprint density at radius 1 is 1.50 bits per heavy atom. The van der Waals surface area contributed by atoms with Gasteiger partial charge in [-0.1, -0.05) is 11.3 Å². The predicted octanol–water partition coefficient (Wildman–Crippen LogP) is 1.14. The molecule has 0 N–H and O–H groups in total. The maximum absolute atomic E-state index is 11.5. The number of hydrogen-bond acceptors (Lipinski definition) is 4. The molecule has 2 rings (SSSR count). The third-order valence-corrected chi connectivity index (χ3v) is 2.92. The molecule has 16 heavy (non-hydrogen) atoms. The lowest BCUT2D eigenvalue weighted by molar-refractivity contribution is 0.581. The van der Waals surface area contributed by atoms with Gasteiger partial charge in [-0.05, 0) is 30.2 Å². The molecule has 0 radical (unpaired) electrons. The summed E-state index contributed by atoms with van der Waals surface area (Å²) < 4.78 is 26.2. The van der Waals surface area contributed by atoms with Gasteiger partial charge in [0.2, 0.25) is 0 Å². The van der Waals surface area contributed by atoms with Crippen LogP contribution in [0.15, 0.2) is 22.7 Å². The van der Waals surface area contributed by atoms with Gasteiger partial charge < -0.3 is 0 Å². The minimum atomic E-state index is -4.16. The summed E-state index contributed by atoms with van der Waals surface area (Å²) in [6, 6.07) is 5.01. The van der Waals surface area contributed by atoms with Gasteiger partial charge in [0.15, 0.2) is 0 Å². The molecule has 0 unspecified atom stereocenters. The predicted molar refractivity (Wildman–Crippen MR) is 55.7 cm³/mol. The first-order valence-electron chi connectivity index (χ1n) is 4.18. The fraction of sp³-hybridized carbons (Fsp3) is 0.143. The molecule has 0 spiro atoms. The van der Waals surface area contributed by atoms with Crippen molar-refractivity contribution in [1.29, 1.82) is 0 Å². The molecule has 0 atom stereocenters. The smallest absolute Gasteiger partial charge is 0.196 e. The standard InChI is InChI=1S/C7H6N6O2S/c1-5-2-3-6-7(4-5)13(11-9-6)16(14,15)12-10-8/h2-4H,1H3. The number of aryl methyl sites for hydroxylation is 1. The molecule has 1 aromatic carbocycles. The molecule has 0 bridgehead atoms. The van der Waals surface area contributed by atoms with Gasteiger partial charge in [0.05, 0.1) is 4.52 Å². The highest BCUT2D eigenvalue weighted by Crippen LogP contribution is 2.15. The Hall–Kier alpha value is -2.12. The Morgan fingerprint density at radius 3 is 2.94 bits per heavy atom. The molecule has 1 heterocycles. The molecule has 0 aliphatic heterocycles. The second-order valence-corrected chi connectivity index (χ2v) is 4.48. The lowest BCUT2D eigenvalue weighted by Crippen LogP contribution is -2.10. The third kappa shape index (κ3) is 1.58. The van der Waals surface area contributed by atoms with Crippen LogP contribution in [-0.2, 0) is 10.2 Å². The van der Waals surface area contributed by atoms with E-state index in [4.69, 9.17) is 5.53 Å². The van der Waals surface area contributed by atoms with Crippen LogP contribution < -0.4 is 0 Å². The topological polar surface area (TPSA) is 114 Å². The zero-order valence-electron chi connectivity index (χ0n) is 8.14. The summed E-state index contributed by atoms with van der Waals surface area (Å²) in [4.78, 5) is 2.24. The Labute approximate surface area is 90.3 Å². The summed E-state index contributed by atoms with van der Waals surface area (Å²) in [6.45, 7) is 1.80. The number of aromatic nitrogens is 3. The van der Waals surface area contributed by atoms with E-state index in [0.717, 1.165) is 5.56 Å². The Bertz CT molecular complexity index is 697. The highest BCUT2D eigenvalue weighted by molar-refractivity contribution is 7.88. The van der Waals surface area contributed by atoms with Gasteiger partial charge in [0.1, 0.15) is 11.0 Å². The molecule has 8 nitrogen and oxygen atoms in total. The minimum absolute atomic E-state index is 0.285. The Morgan fingerprint density at radius 2 is 2.25 bits per heavy atom. The van der Waals surface area contributed by atoms with E-state index in [-0.39, 0.29) is 5.52 Å². The second kappa shape index (κ2) is 3.47. The van der Waals surface area contributed by atoms with E-state index in [9.17, 15) is 8.42 Å². The number of azide groups is 1. The van der Waals surface area contributed by atoms with E-state index in [1.807, 2.05) is 0 Å². The number of hydrogen-bond donors (Lipinski definition) is 0. The highest BCUT2D eigenvalue weighted by Gasteiger charge is 2.16. The van der Waals surface area contributed by atoms with E-state index in [1.54, 1.807) is 25.1 Å². The quantitative estimate of drug-likeness (QED) is 0.443. The van der Waals surface area contributed by atoms with Crippen LogP contribution in [-0.4, -0.2) is 22.8 Å². The number of rotatable bonds is 2. The molecule has 0 aliphatic carbocycles. The fourth-order valence-electron chi connectivity index (χ4n) is 1.26. The molecule has 0 saturated carbocycles. The van der Waals surface area contributed by atoms with E-state index < -0.39 is 10.2 Å². The third-order valence-electron chi connectivity index (χ3n) is 1.93. The zero-order valence-corrected chi connectivity index (χ0v) is 8.96. The number of benzene rings is 1. The van der Waals surface area contributed by atoms with E-state index in [2.05, 4.69) is 19.7 Å². The molecule has 0 saturated heterocycles. The van der Waals surface area contributed by atoms with E-state index in [0.29, 0.717) is 9.60 Å².